The van der Waals surface area contributed by atoms with Gasteiger partial charge in [-0.05, 0) is 41.5 Å². The zero-order chi connectivity index (χ0) is 19.4. The molecule has 3 rings (SSSR count). The van der Waals surface area contributed by atoms with Crippen molar-refractivity contribution in [3.63, 3.8) is 0 Å². The van der Waals surface area contributed by atoms with E-state index in [2.05, 4.69) is 5.32 Å². The Kier molecular flexibility index (Phi) is 5.57. The van der Waals surface area contributed by atoms with Gasteiger partial charge in [-0.25, -0.2) is 4.79 Å². The number of hydrogen-bond acceptors (Lipinski definition) is 5. The van der Waals surface area contributed by atoms with Crippen molar-refractivity contribution in [1.29, 1.82) is 0 Å². The van der Waals surface area contributed by atoms with E-state index in [4.69, 9.17) is 21.7 Å². The molecule has 0 aliphatic carbocycles. The third-order valence-corrected chi connectivity index (χ3v) is 4.51. The summed E-state index contributed by atoms with van der Waals surface area (Å²) in [5.41, 5.74) is 3.04. The molecule has 0 unspecified atom stereocenters. The second-order valence-corrected chi connectivity index (χ2v) is 6.46. The Morgan fingerprint density at radius 1 is 1.07 bits per heavy atom. The predicted molar refractivity (Wildman–Crippen MR) is 107 cm³/mol. The average Bonchev–Trinajstić information content (AvgIpc) is 2.69. The van der Waals surface area contributed by atoms with Gasteiger partial charge in [-0.2, -0.15) is 0 Å². The fourth-order valence-electron chi connectivity index (χ4n) is 2.65. The largest absolute Gasteiger partial charge is 0.503 e. The molecule has 1 heterocycles. The van der Waals surface area contributed by atoms with Crippen LogP contribution >= 0.6 is 12.2 Å². The van der Waals surface area contributed by atoms with Crippen LogP contribution in [0.15, 0.2) is 59.0 Å². The molecule has 0 aliphatic heterocycles. The van der Waals surface area contributed by atoms with Gasteiger partial charge in [-0.1, -0.05) is 43.4 Å². The van der Waals surface area contributed by atoms with Crippen LogP contribution in [0.2, 0.25) is 0 Å². The molecule has 1 aromatic heterocycles. The summed E-state index contributed by atoms with van der Waals surface area (Å²) in [5.74, 6) is 0.191. The Labute approximate surface area is 161 Å². The third-order valence-electron chi connectivity index (χ3n) is 4.20. The highest BCUT2D eigenvalue weighted by Gasteiger charge is 2.09. The van der Waals surface area contributed by atoms with Crippen LogP contribution in [-0.2, 0) is 13.0 Å². The number of hydrogen-bond donors (Lipinski definition) is 3. The monoisotopic (exact) mass is 381 g/mol. The highest BCUT2D eigenvalue weighted by Crippen LogP contribution is 2.25. The van der Waals surface area contributed by atoms with Crippen LogP contribution < -0.4 is 5.32 Å². The summed E-state index contributed by atoms with van der Waals surface area (Å²) in [6.45, 7) is 2.28. The molecule has 138 valence electrons. The number of aromatic carboxylic acids is 1. The molecule has 0 radical (unpaired) electrons. The maximum atomic E-state index is 10.9. The van der Waals surface area contributed by atoms with E-state index >= 15 is 0 Å². The van der Waals surface area contributed by atoms with E-state index < -0.39 is 5.97 Å². The van der Waals surface area contributed by atoms with Crippen molar-refractivity contribution in [2.75, 3.05) is 5.32 Å². The van der Waals surface area contributed by atoms with Crippen molar-refractivity contribution >= 4 is 23.9 Å². The minimum Gasteiger partial charge on any atom is -0.503 e. The quantitative estimate of drug-likeness (QED) is 0.506. The number of aromatic hydroxyl groups is 1. The van der Waals surface area contributed by atoms with Gasteiger partial charge < -0.3 is 19.9 Å². The van der Waals surface area contributed by atoms with Gasteiger partial charge in [0.2, 0.25) is 0 Å². The van der Waals surface area contributed by atoms with Crippen LogP contribution in [0, 0.1) is 4.51 Å². The molecule has 6 heteroatoms. The van der Waals surface area contributed by atoms with Gasteiger partial charge in [0.1, 0.15) is 5.76 Å². The molecule has 0 saturated heterocycles. The highest BCUT2D eigenvalue weighted by atomic mass is 32.1. The average molecular weight is 381 g/mol. The number of carboxylic acids is 1. The zero-order valence-corrected chi connectivity index (χ0v) is 15.5. The number of anilines is 1. The lowest BCUT2D eigenvalue weighted by atomic mass is 10.0. The molecule has 0 atom stereocenters. The molecular weight excluding hydrogens is 362 g/mol. The van der Waals surface area contributed by atoms with Crippen molar-refractivity contribution in [2.45, 2.75) is 19.9 Å². The Morgan fingerprint density at radius 2 is 1.67 bits per heavy atom. The summed E-state index contributed by atoms with van der Waals surface area (Å²) in [6.07, 6.45) is 0.701. The number of benzene rings is 2. The Hall–Kier alpha value is -3.12. The molecule has 3 aromatic rings. The molecule has 3 N–H and O–H groups in total. The van der Waals surface area contributed by atoms with Gasteiger partial charge >= 0.3 is 5.97 Å². The molecule has 0 amide bonds. The van der Waals surface area contributed by atoms with Crippen LogP contribution in [0.1, 0.15) is 28.8 Å². The number of aryl methyl sites for hydroxylation is 1. The molecule has 2 aromatic carbocycles. The van der Waals surface area contributed by atoms with E-state index in [9.17, 15) is 9.90 Å². The van der Waals surface area contributed by atoms with Crippen LogP contribution in [0.25, 0.3) is 11.1 Å². The zero-order valence-electron chi connectivity index (χ0n) is 14.7. The van der Waals surface area contributed by atoms with Gasteiger partial charge in [0.25, 0.3) is 0 Å². The van der Waals surface area contributed by atoms with E-state index in [-0.39, 0.29) is 11.3 Å². The Bertz CT molecular complexity index is 1010. The topological polar surface area (TPSA) is 82.7 Å². The van der Waals surface area contributed by atoms with Gasteiger partial charge in [0.15, 0.2) is 11.5 Å². The number of nitrogens with one attached hydrogen (secondary N) is 1. The van der Waals surface area contributed by atoms with Crippen LogP contribution in [0.4, 0.5) is 5.69 Å². The normalized spacial score (nSPS) is 10.6. The smallest absolute Gasteiger partial charge is 0.335 e. The standard InChI is InChI=1S/C21H19NO4S/c1-2-17-11-19(27)20(23)18(26-17)12-22-16-9-7-14(8-10-16)13-3-5-15(6-4-13)21(24)25/h3-11,22-23H,2,12H2,1H3,(H,24,25). The molecule has 5 nitrogen and oxygen atoms in total. The van der Waals surface area contributed by atoms with Crippen molar-refractivity contribution in [2.24, 2.45) is 0 Å². The second kappa shape index (κ2) is 8.05. The lowest BCUT2D eigenvalue weighted by Gasteiger charge is -2.10. The van der Waals surface area contributed by atoms with Crippen LogP contribution in [-0.4, -0.2) is 16.2 Å². The van der Waals surface area contributed by atoms with Crippen LogP contribution in [0.5, 0.6) is 5.75 Å². The summed E-state index contributed by atoms with van der Waals surface area (Å²) in [4.78, 5) is 10.9. The summed E-state index contributed by atoms with van der Waals surface area (Å²) >= 11 is 5.15. The Balaban J connectivity index is 1.72. The first-order chi connectivity index (χ1) is 13.0. The SMILES string of the molecule is CCc1cc(=S)c(O)c(CNc2ccc(-c3ccc(C(=O)O)cc3)cc2)o1. The predicted octanol–water partition coefficient (Wildman–Crippen LogP) is 5.25. The summed E-state index contributed by atoms with van der Waals surface area (Å²) < 4.78 is 6.04. The van der Waals surface area contributed by atoms with E-state index in [0.29, 0.717) is 23.2 Å². The van der Waals surface area contributed by atoms with Gasteiger partial charge in [-0.3, -0.25) is 0 Å². The Morgan fingerprint density at radius 3 is 2.22 bits per heavy atom. The summed E-state index contributed by atoms with van der Waals surface area (Å²) in [5, 5.41) is 22.2. The molecular formula is C21H19NO4S. The number of carboxylic acid groups (broad SMARTS) is 1. The van der Waals surface area contributed by atoms with Crippen molar-refractivity contribution in [3.05, 3.63) is 76.2 Å². The molecule has 0 aliphatic rings. The third kappa shape index (κ3) is 4.35. The van der Waals surface area contributed by atoms with E-state index in [1.165, 1.54) is 0 Å². The number of rotatable bonds is 6. The first-order valence-corrected chi connectivity index (χ1v) is 8.91. The van der Waals surface area contributed by atoms with Crippen molar-refractivity contribution in [1.82, 2.24) is 0 Å². The fraction of sp³-hybridized carbons (Fsp3) is 0.143. The van der Waals surface area contributed by atoms with Gasteiger partial charge in [-0.15, -0.1) is 0 Å². The van der Waals surface area contributed by atoms with E-state index in [1.54, 1.807) is 30.3 Å². The minimum absolute atomic E-state index is 0.00941. The molecule has 0 fully saturated rings. The first kappa shape index (κ1) is 18.7. The maximum absolute atomic E-state index is 10.9. The lowest BCUT2D eigenvalue weighted by molar-refractivity contribution is 0.0697. The second-order valence-electron chi connectivity index (χ2n) is 6.02. The van der Waals surface area contributed by atoms with Crippen molar-refractivity contribution < 1.29 is 19.4 Å². The lowest BCUT2D eigenvalue weighted by Crippen LogP contribution is -2.01. The van der Waals surface area contributed by atoms with Crippen molar-refractivity contribution in [3.8, 4) is 16.9 Å². The van der Waals surface area contributed by atoms with Gasteiger partial charge in [0.05, 0.1) is 16.6 Å². The van der Waals surface area contributed by atoms with E-state index in [0.717, 1.165) is 22.6 Å². The molecule has 0 saturated carbocycles. The number of carbonyl (C=O) groups is 1. The molecule has 27 heavy (non-hydrogen) atoms. The summed E-state index contributed by atoms with van der Waals surface area (Å²) in [7, 11) is 0. The highest BCUT2D eigenvalue weighted by molar-refractivity contribution is 7.71. The van der Waals surface area contributed by atoms with Gasteiger partial charge in [0, 0.05) is 12.1 Å². The maximum Gasteiger partial charge on any atom is 0.335 e. The first-order valence-electron chi connectivity index (χ1n) is 8.50. The van der Waals surface area contributed by atoms with E-state index in [1.807, 2.05) is 31.2 Å². The molecule has 0 spiro atoms. The summed E-state index contributed by atoms with van der Waals surface area (Å²) in [6, 6.07) is 16.1. The van der Waals surface area contributed by atoms with Crippen LogP contribution in [0.3, 0.4) is 0 Å². The fourth-order valence-corrected chi connectivity index (χ4v) is 2.90. The molecule has 0 bridgehead atoms. The minimum atomic E-state index is -0.941.